The lowest BCUT2D eigenvalue weighted by atomic mass is 10.3. The fourth-order valence-corrected chi connectivity index (χ4v) is 3.70. The van der Waals surface area contributed by atoms with E-state index in [0.717, 1.165) is 15.9 Å². The molecule has 0 spiro atoms. The van der Waals surface area contributed by atoms with E-state index in [1.807, 2.05) is 62.5 Å². The standard InChI is InChI=1S/C20H19N5OS/c1-14(2)25-12-10-17(23-25)19(26)24(13-15-7-5-6-11-21-15)20-22-16-8-3-4-9-18(16)27-20/h3-12,14H,13H2,1-2H3. The molecular formula is C20H19N5OS. The van der Waals surface area contributed by atoms with Gasteiger partial charge in [0.15, 0.2) is 10.8 Å². The Morgan fingerprint density at radius 1 is 1.15 bits per heavy atom. The van der Waals surface area contributed by atoms with Crippen molar-refractivity contribution in [2.45, 2.75) is 26.4 Å². The summed E-state index contributed by atoms with van der Waals surface area (Å²) in [5, 5.41) is 5.08. The van der Waals surface area contributed by atoms with E-state index in [1.54, 1.807) is 21.8 Å². The van der Waals surface area contributed by atoms with Crippen molar-refractivity contribution in [2.75, 3.05) is 4.90 Å². The summed E-state index contributed by atoms with van der Waals surface area (Å²) in [7, 11) is 0. The van der Waals surface area contributed by atoms with Gasteiger partial charge in [-0.25, -0.2) is 4.98 Å². The molecule has 27 heavy (non-hydrogen) atoms. The summed E-state index contributed by atoms with van der Waals surface area (Å²) in [4.78, 5) is 23.9. The van der Waals surface area contributed by atoms with Crippen LogP contribution < -0.4 is 4.90 Å². The second kappa shape index (κ2) is 7.28. The van der Waals surface area contributed by atoms with Crippen molar-refractivity contribution in [3.05, 3.63) is 72.3 Å². The highest BCUT2D eigenvalue weighted by Gasteiger charge is 2.24. The predicted octanol–water partition coefficient (Wildman–Crippen LogP) is 4.32. The zero-order chi connectivity index (χ0) is 18.8. The van der Waals surface area contributed by atoms with Crippen LogP contribution in [-0.2, 0) is 6.54 Å². The second-order valence-corrected chi connectivity index (χ2v) is 7.46. The van der Waals surface area contributed by atoms with Gasteiger partial charge in [-0.3, -0.25) is 19.4 Å². The number of anilines is 1. The number of fused-ring (bicyclic) bond motifs is 1. The van der Waals surface area contributed by atoms with Crippen LogP contribution in [0.4, 0.5) is 5.13 Å². The maximum absolute atomic E-state index is 13.3. The number of carbonyl (C=O) groups excluding carboxylic acids is 1. The van der Waals surface area contributed by atoms with Gasteiger partial charge < -0.3 is 0 Å². The number of hydrogen-bond donors (Lipinski definition) is 0. The monoisotopic (exact) mass is 377 g/mol. The van der Waals surface area contributed by atoms with Gasteiger partial charge in [0, 0.05) is 18.4 Å². The van der Waals surface area contributed by atoms with Crippen molar-refractivity contribution in [2.24, 2.45) is 0 Å². The molecule has 136 valence electrons. The van der Waals surface area contributed by atoms with E-state index in [4.69, 9.17) is 0 Å². The van der Waals surface area contributed by atoms with Crippen LogP contribution in [0.15, 0.2) is 60.9 Å². The first-order valence-electron chi connectivity index (χ1n) is 8.74. The Morgan fingerprint density at radius 2 is 1.96 bits per heavy atom. The molecule has 3 aromatic heterocycles. The summed E-state index contributed by atoms with van der Waals surface area (Å²) in [6.07, 6.45) is 3.55. The zero-order valence-electron chi connectivity index (χ0n) is 15.1. The molecule has 0 fully saturated rings. The largest absolute Gasteiger partial charge is 0.280 e. The van der Waals surface area contributed by atoms with Gasteiger partial charge in [0.2, 0.25) is 0 Å². The van der Waals surface area contributed by atoms with E-state index >= 15 is 0 Å². The third-order valence-corrected chi connectivity index (χ3v) is 5.22. The van der Waals surface area contributed by atoms with Crippen LogP contribution in [0, 0.1) is 0 Å². The molecule has 0 saturated heterocycles. The summed E-state index contributed by atoms with van der Waals surface area (Å²) in [5.41, 5.74) is 2.08. The van der Waals surface area contributed by atoms with E-state index in [-0.39, 0.29) is 11.9 Å². The van der Waals surface area contributed by atoms with Crippen molar-refractivity contribution in [1.82, 2.24) is 19.7 Å². The third-order valence-electron chi connectivity index (χ3n) is 4.16. The summed E-state index contributed by atoms with van der Waals surface area (Å²) >= 11 is 1.49. The summed E-state index contributed by atoms with van der Waals surface area (Å²) in [6, 6.07) is 15.5. The van der Waals surface area contributed by atoms with Gasteiger partial charge in [-0.05, 0) is 44.2 Å². The molecule has 0 unspecified atom stereocenters. The highest BCUT2D eigenvalue weighted by molar-refractivity contribution is 7.22. The number of rotatable bonds is 5. The van der Waals surface area contributed by atoms with Gasteiger partial charge in [-0.15, -0.1) is 0 Å². The molecule has 0 bridgehead atoms. The molecule has 0 aliphatic carbocycles. The van der Waals surface area contributed by atoms with Gasteiger partial charge in [0.25, 0.3) is 5.91 Å². The minimum Gasteiger partial charge on any atom is -0.276 e. The molecule has 4 rings (SSSR count). The molecule has 0 saturated carbocycles. The van der Waals surface area contributed by atoms with Crippen LogP contribution in [0.2, 0.25) is 0 Å². The highest BCUT2D eigenvalue weighted by Crippen LogP contribution is 2.30. The Bertz CT molecular complexity index is 1040. The molecular weight excluding hydrogens is 358 g/mol. The number of amides is 1. The Morgan fingerprint density at radius 3 is 2.67 bits per heavy atom. The number of para-hydroxylation sites is 1. The van der Waals surface area contributed by atoms with Crippen LogP contribution in [0.1, 0.15) is 36.1 Å². The summed E-state index contributed by atoms with van der Waals surface area (Å²) < 4.78 is 2.82. The fraction of sp³-hybridized carbons (Fsp3) is 0.200. The highest BCUT2D eigenvalue weighted by atomic mass is 32.1. The van der Waals surface area contributed by atoms with E-state index in [9.17, 15) is 4.79 Å². The van der Waals surface area contributed by atoms with Gasteiger partial charge in [0.05, 0.1) is 22.5 Å². The average Bonchev–Trinajstić information content (AvgIpc) is 3.33. The summed E-state index contributed by atoms with van der Waals surface area (Å²) in [5.74, 6) is -0.181. The van der Waals surface area contributed by atoms with Crippen LogP contribution in [0.3, 0.4) is 0 Å². The van der Waals surface area contributed by atoms with E-state index in [0.29, 0.717) is 17.4 Å². The number of hydrogen-bond acceptors (Lipinski definition) is 5. The summed E-state index contributed by atoms with van der Waals surface area (Å²) in [6.45, 7) is 4.40. The van der Waals surface area contributed by atoms with Gasteiger partial charge in [0.1, 0.15) is 0 Å². The van der Waals surface area contributed by atoms with E-state index in [2.05, 4.69) is 15.1 Å². The third kappa shape index (κ3) is 3.59. The lowest BCUT2D eigenvalue weighted by Gasteiger charge is -2.18. The first-order chi connectivity index (χ1) is 13.1. The molecule has 0 aliphatic heterocycles. The van der Waals surface area contributed by atoms with Crippen LogP contribution in [0.5, 0.6) is 0 Å². The molecule has 0 atom stereocenters. The van der Waals surface area contributed by atoms with Crippen LogP contribution >= 0.6 is 11.3 Å². The molecule has 4 aromatic rings. The number of thiazole rings is 1. The molecule has 1 amide bonds. The Hall–Kier alpha value is -3.06. The lowest BCUT2D eigenvalue weighted by Crippen LogP contribution is -2.31. The van der Waals surface area contributed by atoms with Gasteiger partial charge in [-0.2, -0.15) is 5.10 Å². The van der Waals surface area contributed by atoms with Crippen molar-refractivity contribution in [1.29, 1.82) is 0 Å². The van der Waals surface area contributed by atoms with Crippen LogP contribution in [-0.4, -0.2) is 25.7 Å². The predicted molar refractivity (Wildman–Crippen MR) is 107 cm³/mol. The molecule has 0 radical (unpaired) electrons. The van der Waals surface area contributed by atoms with Crippen LogP contribution in [0.25, 0.3) is 10.2 Å². The van der Waals surface area contributed by atoms with Crippen molar-refractivity contribution < 1.29 is 4.79 Å². The first-order valence-corrected chi connectivity index (χ1v) is 9.56. The fourth-order valence-electron chi connectivity index (χ4n) is 2.73. The number of carbonyl (C=O) groups is 1. The minimum absolute atomic E-state index is 0.181. The zero-order valence-corrected chi connectivity index (χ0v) is 15.9. The van der Waals surface area contributed by atoms with E-state index in [1.165, 1.54) is 11.3 Å². The topological polar surface area (TPSA) is 63.9 Å². The molecule has 0 aliphatic rings. The molecule has 7 heteroatoms. The Kier molecular flexibility index (Phi) is 4.68. The first kappa shape index (κ1) is 17.4. The molecule has 6 nitrogen and oxygen atoms in total. The normalized spacial score (nSPS) is 11.2. The average molecular weight is 377 g/mol. The lowest BCUT2D eigenvalue weighted by molar-refractivity contribution is 0.0979. The molecule has 0 N–H and O–H groups in total. The Labute approximate surface area is 161 Å². The van der Waals surface area contributed by atoms with Gasteiger partial charge in [-0.1, -0.05) is 29.5 Å². The molecule has 1 aromatic carbocycles. The van der Waals surface area contributed by atoms with Crippen molar-refractivity contribution in [3.63, 3.8) is 0 Å². The quantitative estimate of drug-likeness (QED) is 0.520. The second-order valence-electron chi connectivity index (χ2n) is 6.45. The number of benzene rings is 1. The Balaban J connectivity index is 1.73. The smallest absolute Gasteiger partial charge is 0.276 e. The number of nitrogens with zero attached hydrogens (tertiary/aromatic N) is 5. The SMILES string of the molecule is CC(C)n1ccc(C(=O)N(Cc2ccccn2)c2nc3ccccc3s2)n1. The van der Waals surface area contributed by atoms with E-state index < -0.39 is 0 Å². The van der Waals surface area contributed by atoms with Crippen molar-refractivity contribution in [3.8, 4) is 0 Å². The van der Waals surface area contributed by atoms with Gasteiger partial charge >= 0.3 is 0 Å². The maximum Gasteiger partial charge on any atom is 0.280 e. The minimum atomic E-state index is -0.181. The number of aromatic nitrogens is 4. The molecule has 3 heterocycles. The maximum atomic E-state index is 13.3. The number of pyridine rings is 1. The van der Waals surface area contributed by atoms with Crippen molar-refractivity contribution >= 4 is 32.6 Å².